The Kier molecular flexibility index (Phi) is 5.72. The summed E-state index contributed by atoms with van der Waals surface area (Å²) in [4.78, 5) is 0. The summed E-state index contributed by atoms with van der Waals surface area (Å²) in [5, 5.41) is 3.25. The molecule has 0 saturated heterocycles. The maximum absolute atomic E-state index is 3.25. The van der Waals surface area contributed by atoms with Gasteiger partial charge in [-0.25, -0.2) is 0 Å². The Balaban J connectivity index is 2.10. The molecule has 0 fully saturated rings. The third-order valence-corrected chi connectivity index (χ3v) is 3.36. The van der Waals surface area contributed by atoms with Gasteiger partial charge in [0.1, 0.15) is 0 Å². The van der Waals surface area contributed by atoms with E-state index < -0.39 is 0 Å². The normalized spacial score (nSPS) is 12.7. The van der Waals surface area contributed by atoms with E-state index in [2.05, 4.69) is 42.6 Å². The zero-order valence-electron chi connectivity index (χ0n) is 8.99. The van der Waals surface area contributed by atoms with E-state index >= 15 is 0 Å². The van der Waals surface area contributed by atoms with Gasteiger partial charge in [0, 0.05) is 11.8 Å². The summed E-state index contributed by atoms with van der Waals surface area (Å²) in [6.45, 7) is 2.23. The number of rotatable bonds is 6. The molecule has 0 amide bonds. The second-order valence-corrected chi connectivity index (χ2v) is 4.62. The predicted molar refractivity (Wildman–Crippen MR) is 65.7 cm³/mol. The van der Waals surface area contributed by atoms with Crippen LogP contribution in [0.3, 0.4) is 0 Å². The van der Waals surface area contributed by atoms with Crippen molar-refractivity contribution in [3.8, 4) is 0 Å². The third kappa shape index (κ3) is 4.68. The van der Waals surface area contributed by atoms with Crippen LogP contribution in [0.15, 0.2) is 30.3 Å². The lowest BCUT2D eigenvalue weighted by Gasteiger charge is -2.08. The van der Waals surface area contributed by atoms with Gasteiger partial charge in [0.25, 0.3) is 0 Å². The van der Waals surface area contributed by atoms with Gasteiger partial charge in [0.05, 0.1) is 0 Å². The summed E-state index contributed by atoms with van der Waals surface area (Å²) < 4.78 is 0. The van der Waals surface area contributed by atoms with Crippen LogP contribution in [0.5, 0.6) is 0 Å². The molecular weight excluding hydrogens is 190 g/mol. The lowest BCUT2D eigenvalue weighted by Crippen LogP contribution is -2.21. The minimum absolute atomic E-state index is 0.637. The topological polar surface area (TPSA) is 12.0 Å². The molecule has 14 heavy (non-hydrogen) atoms. The van der Waals surface area contributed by atoms with Gasteiger partial charge in [0.2, 0.25) is 0 Å². The summed E-state index contributed by atoms with van der Waals surface area (Å²) in [5.74, 6) is 2.37. The quantitative estimate of drug-likeness (QED) is 0.723. The molecule has 0 spiro atoms. The molecule has 0 aromatic heterocycles. The van der Waals surface area contributed by atoms with Crippen LogP contribution in [0.25, 0.3) is 0 Å². The zero-order valence-corrected chi connectivity index (χ0v) is 9.81. The van der Waals surface area contributed by atoms with E-state index in [1.807, 2.05) is 18.8 Å². The van der Waals surface area contributed by atoms with Crippen molar-refractivity contribution in [1.29, 1.82) is 0 Å². The average Bonchev–Trinajstić information content (AvgIpc) is 2.25. The highest BCUT2D eigenvalue weighted by Crippen LogP contribution is 2.13. The van der Waals surface area contributed by atoms with E-state index in [1.54, 1.807) is 0 Å². The van der Waals surface area contributed by atoms with Crippen LogP contribution in [0.4, 0.5) is 0 Å². The van der Waals surface area contributed by atoms with Gasteiger partial charge in [-0.05, 0) is 31.7 Å². The van der Waals surface area contributed by atoms with Crippen LogP contribution in [0.1, 0.15) is 18.9 Å². The minimum atomic E-state index is 0.637. The van der Waals surface area contributed by atoms with Gasteiger partial charge in [-0.3, -0.25) is 0 Å². The van der Waals surface area contributed by atoms with Gasteiger partial charge < -0.3 is 5.32 Å². The average molecular weight is 209 g/mol. The number of benzene rings is 1. The lowest BCUT2D eigenvalue weighted by molar-refractivity contribution is 0.598. The minimum Gasteiger partial charge on any atom is -0.317 e. The largest absolute Gasteiger partial charge is 0.317 e. The summed E-state index contributed by atoms with van der Waals surface area (Å²) in [5.41, 5.74) is 1.43. The van der Waals surface area contributed by atoms with Gasteiger partial charge in [-0.15, -0.1) is 0 Å². The van der Waals surface area contributed by atoms with Crippen LogP contribution in [-0.2, 0) is 5.75 Å². The molecular formula is C12H19NS. The highest BCUT2D eigenvalue weighted by atomic mass is 32.2. The second-order valence-electron chi connectivity index (χ2n) is 3.52. The van der Waals surface area contributed by atoms with Gasteiger partial charge in [-0.1, -0.05) is 30.3 Å². The molecule has 1 unspecified atom stereocenters. The van der Waals surface area contributed by atoms with E-state index in [0.29, 0.717) is 6.04 Å². The molecule has 0 radical (unpaired) electrons. The van der Waals surface area contributed by atoms with E-state index in [9.17, 15) is 0 Å². The number of thioether (sulfide) groups is 1. The van der Waals surface area contributed by atoms with Crippen molar-refractivity contribution in [2.75, 3.05) is 12.8 Å². The Bertz CT molecular complexity index is 235. The van der Waals surface area contributed by atoms with Gasteiger partial charge in [0.15, 0.2) is 0 Å². The first-order chi connectivity index (χ1) is 6.83. The molecule has 1 nitrogen and oxygen atoms in total. The van der Waals surface area contributed by atoms with Gasteiger partial charge >= 0.3 is 0 Å². The van der Waals surface area contributed by atoms with E-state index in [0.717, 1.165) is 5.75 Å². The molecule has 0 heterocycles. The predicted octanol–water partition coefficient (Wildman–Crippen LogP) is 2.92. The standard InChI is InChI=1S/C12H19NS/c1-11(13-2)8-9-14-10-12-6-4-3-5-7-12/h3-7,11,13H,8-10H2,1-2H3. The fourth-order valence-corrected chi connectivity index (χ4v) is 2.26. The molecule has 0 aliphatic rings. The first-order valence-corrected chi connectivity index (χ1v) is 6.27. The van der Waals surface area contributed by atoms with Crippen molar-refractivity contribution >= 4 is 11.8 Å². The van der Waals surface area contributed by atoms with Crippen molar-refractivity contribution in [3.63, 3.8) is 0 Å². The molecule has 1 rings (SSSR count). The van der Waals surface area contributed by atoms with E-state index in [-0.39, 0.29) is 0 Å². The summed E-state index contributed by atoms with van der Waals surface area (Å²) in [7, 11) is 2.02. The Morgan fingerprint density at radius 3 is 2.64 bits per heavy atom. The highest BCUT2D eigenvalue weighted by molar-refractivity contribution is 7.98. The number of hydrogen-bond acceptors (Lipinski definition) is 2. The van der Waals surface area contributed by atoms with E-state index in [1.165, 1.54) is 17.7 Å². The molecule has 0 saturated carbocycles. The molecule has 1 aromatic rings. The maximum Gasteiger partial charge on any atom is 0.0184 e. The smallest absolute Gasteiger partial charge is 0.0184 e. The second kappa shape index (κ2) is 6.91. The summed E-state index contributed by atoms with van der Waals surface area (Å²) in [6, 6.07) is 11.3. The maximum atomic E-state index is 3.25. The van der Waals surface area contributed by atoms with Crippen LogP contribution in [0.2, 0.25) is 0 Å². The molecule has 2 heteroatoms. The number of nitrogens with one attached hydrogen (secondary N) is 1. The van der Waals surface area contributed by atoms with Crippen LogP contribution < -0.4 is 5.32 Å². The monoisotopic (exact) mass is 209 g/mol. The van der Waals surface area contributed by atoms with Crippen molar-refractivity contribution in [1.82, 2.24) is 5.32 Å². The Morgan fingerprint density at radius 1 is 1.29 bits per heavy atom. The zero-order chi connectivity index (χ0) is 10.2. The first-order valence-electron chi connectivity index (χ1n) is 5.12. The Labute approximate surface area is 91.3 Å². The summed E-state index contributed by atoms with van der Waals surface area (Å²) in [6.07, 6.45) is 1.24. The Morgan fingerprint density at radius 2 is 2.00 bits per heavy atom. The molecule has 1 N–H and O–H groups in total. The van der Waals surface area contributed by atoms with Crippen molar-refractivity contribution in [2.45, 2.75) is 25.1 Å². The van der Waals surface area contributed by atoms with Crippen molar-refractivity contribution in [2.24, 2.45) is 0 Å². The highest BCUT2D eigenvalue weighted by Gasteiger charge is 1.97. The molecule has 0 aliphatic carbocycles. The third-order valence-electron chi connectivity index (χ3n) is 2.30. The van der Waals surface area contributed by atoms with Crippen LogP contribution in [0, 0.1) is 0 Å². The van der Waals surface area contributed by atoms with Crippen molar-refractivity contribution in [3.05, 3.63) is 35.9 Å². The Hall–Kier alpha value is -0.470. The van der Waals surface area contributed by atoms with Crippen molar-refractivity contribution < 1.29 is 0 Å². The molecule has 0 bridgehead atoms. The lowest BCUT2D eigenvalue weighted by atomic mass is 10.2. The summed E-state index contributed by atoms with van der Waals surface area (Å²) >= 11 is 2.01. The fraction of sp³-hybridized carbons (Fsp3) is 0.500. The SMILES string of the molecule is CNC(C)CCSCc1ccccc1. The first kappa shape index (κ1) is 11.6. The molecule has 1 aromatic carbocycles. The van der Waals surface area contributed by atoms with Gasteiger partial charge in [-0.2, -0.15) is 11.8 Å². The number of hydrogen-bond donors (Lipinski definition) is 1. The molecule has 78 valence electrons. The molecule has 0 aliphatic heterocycles. The fourth-order valence-electron chi connectivity index (χ4n) is 1.17. The van der Waals surface area contributed by atoms with E-state index in [4.69, 9.17) is 0 Å². The van der Waals surface area contributed by atoms with Crippen LogP contribution >= 0.6 is 11.8 Å². The van der Waals surface area contributed by atoms with Crippen LogP contribution in [-0.4, -0.2) is 18.8 Å². The molecule has 1 atom stereocenters.